The van der Waals surface area contributed by atoms with Crippen molar-refractivity contribution >= 4 is 33.3 Å². The van der Waals surface area contributed by atoms with Crippen LogP contribution in [-0.4, -0.2) is 27.1 Å². The zero-order valence-electron chi connectivity index (χ0n) is 13.8. The maximum Gasteiger partial charge on any atom is 0.326 e. The second-order valence-corrected chi connectivity index (χ2v) is 6.95. The summed E-state index contributed by atoms with van der Waals surface area (Å²) in [5.74, 6) is -0.303. The van der Waals surface area contributed by atoms with Crippen LogP contribution in [0.1, 0.15) is 23.8 Å². The molecular weight excluding hydrogens is 322 g/mol. The molecule has 124 valence electrons. The van der Waals surface area contributed by atoms with Crippen LogP contribution in [0.5, 0.6) is 0 Å². The molecule has 0 aliphatic carbocycles. The van der Waals surface area contributed by atoms with Gasteiger partial charge in [0.1, 0.15) is 23.0 Å². The van der Waals surface area contributed by atoms with Gasteiger partial charge in [0.2, 0.25) is 0 Å². The molecule has 2 aromatic heterocycles. The van der Waals surface area contributed by atoms with Crippen molar-refractivity contribution in [1.29, 1.82) is 0 Å². The average molecular weight is 341 g/mol. The van der Waals surface area contributed by atoms with E-state index in [9.17, 15) is 9.90 Å². The zero-order valence-corrected chi connectivity index (χ0v) is 14.6. The minimum Gasteiger partial charge on any atom is -0.480 e. The molecule has 3 rings (SSSR count). The van der Waals surface area contributed by atoms with Gasteiger partial charge in [0.25, 0.3) is 0 Å². The summed E-state index contributed by atoms with van der Waals surface area (Å²) in [5, 5.41) is 13.3. The van der Waals surface area contributed by atoms with Crippen LogP contribution in [0.4, 0.5) is 5.82 Å². The number of benzene rings is 1. The first-order valence-electron chi connectivity index (χ1n) is 7.81. The molecule has 6 heteroatoms. The topological polar surface area (TPSA) is 75.1 Å². The third-order valence-corrected chi connectivity index (χ3v) is 5.04. The zero-order chi connectivity index (χ0) is 17.3. The van der Waals surface area contributed by atoms with Crippen molar-refractivity contribution in [1.82, 2.24) is 9.97 Å². The number of aliphatic carboxylic acids is 1. The second kappa shape index (κ2) is 6.57. The monoisotopic (exact) mass is 341 g/mol. The highest BCUT2D eigenvalue weighted by Gasteiger charge is 2.21. The number of hydrogen-bond donors (Lipinski definition) is 2. The molecule has 0 fully saturated rings. The van der Waals surface area contributed by atoms with Gasteiger partial charge >= 0.3 is 5.97 Å². The molecule has 2 N–H and O–H groups in total. The van der Waals surface area contributed by atoms with E-state index in [4.69, 9.17) is 0 Å². The fourth-order valence-electron chi connectivity index (χ4n) is 2.72. The van der Waals surface area contributed by atoms with Crippen molar-refractivity contribution in [2.24, 2.45) is 0 Å². The lowest BCUT2D eigenvalue weighted by Gasteiger charge is -2.14. The van der Waals surface area contributed by atoms with E-state index >= 15 is 0 Å². The summed E-state index contributed by atoms with van der Waals surface area (Å²) in [7, 11) is 0. The predicted octanol–water partition coefficient (Wildman–Crippen LogP) is 4.25. The molecule has 3 aromatic rings. The van der Waals surface area contributed by atoms with E-state index in [1.54, 1.807) is 11.3 Å². The van der Waals surface area contributed by atoms with Gasteiger partial charge < -0.3 is 10.4 Å². The summed E-state index contributed by atoms with van der Waals surface area (Å²) in [4.78, 5) is 22.0. The Morgan fingerprint density at radius 2 is 1.96 bits per heavy atom. The summed E-state index contributed by atoms with van der Waals surface area (Å²) in [6.45, 7) is 5.95. The van der Waals surface area contributed by atoms with E-state index in [0.717, 1.165) is 26.2 Å². The van der Waals surface area contributed by atoms with Crippen LogP contribution >= 0.6 is 11.3 Å². The summed E-state index contributed by atoms with van der Waals surface area (Å²) in [6, 6.07) is 7.63. The number of carboxylic acid groups (broad SMARTS) is 1. The number of nitrogens with zero attached hydrogens (tertiary/aromatic N) is 2. The fourth-order valence-corrected chi connectivity index (χ4v) is 3.74. The van der Waals surface area contributed by atoms with Crippen LogP contribution in [0.3, 0.4) is 0 Å². The predicted molar refractivity (Wildman–Crippen MR) is 97.7 cm³/mol. The number of nitrogens with one attached hydrogen (secondary N) is 1. The highest BCUT2D eigenvalue weighted by Crippen LogP contribution is 2.40. The first kappa shape index (κ1) is 16.4. The third-order valence-electron chi connectivity index (χ3n) is 4.02. The second-order valence-electron chi connectivity index (χ2n) is 5.75. The van der Waals surface area contributed by atoms with E-state index in [1.165, 1.54) is 11.9 Å². The van der Waals surface area contributed by atoms with Gasteiger partial charge in [-0.05, 0) is 25.8 Å². The summed E-state index contributed by atoms with van der Waals surface area (Å²) in [5.41, 5.74) is 3.35. The van der Waals surface area contributed by atoms with Gasteiger partial charge in [-0.3, -0.25) is 0 Å². The van der Waals surface area contributed by atoms with Gasteiger partial charge in [0.15, 0.2) is 0 Å². The van der Waals surface area contributed by atoms with E-state index in [1.807, 2.05) is 6.92 Å². The number of aromatic nitrogens is 2. The molecule has 0 aliphatic rings. The van der Waals surface area contributed by atoms with Crippen molar-refractivity contribution in [2.45, 2.75) is 33.2 Å². The molecule has 24 heavy (non-hydrogen) atoms. The Balaban J connectivity index is 2.17. The minimum absolute atomic E-state index is 0.476. The van der Waals surface area contributed by atoms with Crippen molar-refractivity contribution in [3.63, 3.8) is 0 Å². The number of anilines is 1. The van der Waals surface area contributed by atoms with Crippen molar-refractivity contribution in [2.75, 3.05) is 5.32 Å². The molecule has 0 bridgehead atoms. The maximum absolute atomic E-state index is 11.4. The van der Waals surface area contributed by atoms with Gasteiger partial charge in [-0.1, -0.05) is 36.8 Å². The number of fused-ring (bicyclic) bond motifs is 1. The Bertz CT molecular complexity index is 887. The van der Waals surface area contributed by atoms with Crippen LogP contribution in [-0.2, 0) is 4.79 Å². The van der Waals surface area contributed by atoms with E-state index < -0.39 is 12.0 Å². The molecule has 1 atom stereocenters. The molecule has 1 aromatic carbocycles. The van der Waals surface area contributed by atoms with E-state index in [2.05, 4.69) is 53.4 Å². The van der Waals surface area contributed by atoms with E-state index in [-0.39, 0.29) is 0 Å². The van der Waals surface area contributed by atoms with Gasteiger partial charge in [-0.2, -0.15) is 0 Å². The number of hydrogen-bond acceptors (Lipinski definition) is 5. The molecule has 1 unspecified atom stereocenters. The standard InChI is InChI=1S/C18H19N3O2S/c1-4-13(18(22)23)21-16-15-14(12-7-5-10(2)6-8-12)11(3)24-17(15)20-9-19-16/h5-9,13H,4H2,1-3H3,(H,22,23)(H,19,20,21). The third kappa shape index (κ3) is 2.97. The van der Waals surface area contributed by atoms with Gasteiger partial charge in [0.05, 0.1) is 5.39 Å². The van der Waals surface area contributed by atoms with Crippen LogP contribution < -0.4 is 5.32 Å². The minimum atomic E-state index is -0.881. The molecule has 2 heterocycles. The Hall–Kier alpha value is -2.47. The average Bonchev–Trinajstić information content (AvgIpc) is 2.89. The number of thiophene rings is 1. The van der Waals surface area contributed by atoms with Crippen LogP contribution in [0.15, 0.2) is 30.6 Å². The summed E-state index contributed by atoms with van der Waals surface area (Å²) in [6.07, 6.45) is 1.96. The number of aryl methyl sites for hydroxylation is 2. The Kier molecular flexibility index (Phi) is 4.49. The molecule has 0 aliphatic heterocycles. The van der Waals surface area contributed by atoms with Crippen molar-refractivity contribution < 1.29 is 9.90 Å². The quantitative estimate of drug-likeness (QED) is 0.725. The van der Waals surface area contributed by atoms with Gasteiger partial charge in [-0.15, -0.1) is 11.3 Å². The highest BCUT2D eigenvalue weighted by molar-refractivity contribution is 7.19. The van der Waals surface area contributed by atoms with Crippen LogP contribution in [0.25, 0.3) is 21.3 Å². The lowest BCUT2D eigenvalue weighted by atomic mass is 10.0. The summed E-state index contributed by atoms with van der Waals surface area (Å²) < 4.78 is 0. The first-order chi connectivity index (χ1) is 11.5. The highest BCUT2D eigenvalue weighted by atomic mass is 32.1. The molecule has 0 amide bonds. The van der Waals surface area contributed by atoms with Gasteiger partial charge in [-0.25, -0.2) is 14.8 Å². The Morgan fingerprint density at radius 3 is 2.58 bits per heavy atom. The van der Waals surface area contributed by atoms with Crippen LogP contribution in [0.2, 0.25) is 0 Å². The lowest BCUT2D eigenvalue weighted by molar-refractivity contribution is -0.137. The molecule has 0 spiro atoms. The van der Waals surface area contributed by atoms with E-state index in [0.29, 0.717) is 12.2 Å². The Morgan fingerprint density at radius 1 is 1.25 bits per heavy atom. The molecule has 0 saturated heterocycles. The van der Waals surface area contributed by atoms with Crippen molar-refractivity contribution in [3.05, 3.63) is 41.0 Å². The molecular formula is C18H19N3O2S. The maximum atomic E-state index is 11.4. The largest absolute Gasteiger partial charge is 0.480 e. The first-order valence-corrected chi connectivity index (χ1v) is 8.63. The number of rotatable bonds is 5. The number of carboxylic acids is 1. The number of carbonyl (C=O) groups is 1. The summed E-state index contributed by atoms with van der Waals surface area (Å²) >= 11 is 1.60. The van der Waals surface area contributed by atoms with Crippen LogP contribution in [0, 0.1) is 13.8 Å². The van der Waals surface area contributed by atoms with Gasteiger partial charge in [0, 0.05) is 10.4 Å². The lowest BCUT2D eigenvalue weighted by Crippen LogP contribution is -2.28. The SMILES string of the molecule is CCC(Nc1ncnc2sc(C)c(-c3ccc(C)cc3)c12)C(=O)O. The molecule has 0 radical (unpaired) electrons. The smallest absolute Gasteiger partial charge is 0.326 e. The molecule has 5 nitrogen and oxygen atoms in total. The fraction of sp³-hybridized carbons (Fsp3) is 0.278. The van der Waals surface area contributed by atoms with Crippen molar-refractivity contribution in [3.8, 4) is 11.1 Å². The normalized spacial score (nSPS) is 12.3. The Labute approximate surface area is 144 Å². The molecule has 0 saturated carbocycles.